The lowest BCUT2D eigenvalue weighted by Gasteiger charge is -2.42. The topological polar surface area (TPSA) is 109 Å². The average Bonchev–Trinajstić information content (AvgIpc) is 3.14. The van der Waals surface area contributed by atoms with Gasteiger partial charge in [-0.2, -0.15) is 0 Å². The molecule has 1 aromatic rings. The molecule has 0 radical (unpaired) electrons. The third-order valence-electron chi connectivity index (χ3n) is 8.78. The summed E-state index contributed by atoms with van der Waals surface area (Å²) in [6.45, 7) is 7.72. The van der Waals surface area contributed by atoms with E-state index in [4.69, 9.17) is 9.84 Å². The van der Waals surface area contributed by atoms with E-state index in [0.29, 0.717) is 51.6 Å². The minimum atomic E-state index is -0.454. The van der Waals surface area contributed by atoms with Crippen LogP contribution in [-0.4, -0.2) is 138 Å². The van der Waals surface area contributed by atoms with Gasteiger partial charge in [0.1, 0.15) is 0 Å². The molecule has 39 heavy (non-hydrogen) atoms. The van der Waals surface area contributed by atoms with Crippen LogP contribution in [-0.2, 0) is 16.0 Å². The van der Waals surface area contributed by atoms with Crippen LogP contribution in [0.3, 0.4) is 0 Å². The zero-order chi connectivity index (χ0) is 27.2. The van der Waals surface area contributed by atoms with E-state index >= 15 is 0 Å². The van der Waals surface area contributed by atoms with Crippen LogP contribution < -0.4 is 5.32 Å². The van der Waals surface area contributed by atoms with Gasteiger partial charge in [0.05, 0.1) is 6.61 Å². The first-order valence-electron chi connectivity index (χ1n) is 14.4. The van der Waals surface area contributed by atoms with E-state index in [9.17, 15) is 14.4 Å². The van der Waals surface area contributed by atoms with E-state index in [1.165, 1.54) is 0 Å². The number of carbonyl (C=O) groups excluding carboxylic acids is 3. The summed E-state index contributed by atoms with van der Waals surface area (Å²) >= 11 is 0. The Morgan fingerprint density at radius 2 is 1.54 bits per heavy atom. The maximum absolute atomic E-state index is 12.8. The van der Waals surface area contributed by atoms with E-state index < -0.39 is 6.09 Å². The fourth-order valence-electron chi connectivity index (χ4n) is 6.38. The number of piperidine rings is 2. The van der Waals surface area contributed by atoms with Gasteiger partial charge in [0.25, 0.3) is 5.91 Å². The van der Waals surface area contributed by atoms with Crippen molar-refractivity contribution in [3.63, 3.8) is 0 Å². The molecule has 3 saturated heterocycles. The number of nitrogens with zero attached hydrogens (tertiary/aromatic N) is 5. The van der Waals surface area contributed by atoms with Crippen molar-refractivity contribution in [2.75, 3.05) is 84.0 Å². The lowest BCUT2D eigenvalue weighted by molar-refractivity contribution is -0.136. The standard InChI is InChI=1S/C28H42N6O5/c35-20-19-30-15-17-31(18-16-30)23-6-10-32(11-7-23)26(36)21-39-28(38)33-12-8-24(9-13-33)34-14-5-22-3-1-2-4-25(22)29-27(34)37/h1-4,23-24,35H,5-21H2,(H,29,37). The Balaban J connectivity index is 0.998. The number of urea groups is 1. The number of β-amino-alcohol motifs (C(OH)–C–C–N with tert-alkyl or cyclic N) is 1. The predicted octanol–water partition coefficient (Wildman–Crippen LogP) is 1.28. The van der Waals surface area contributed by atoms with E-state index in [1.807, 2.05) is 34.1 Å². The van der Waals surface area contributed by atoms with Gasteiger partial charge in [-0.15, -0.1) is 0 Å². The van der Waals surface area contributed by atoms with Crippen LogP contribution in [0.4, 0.5) is 15.3 Å². The molecule has 0 atom stereocenters. The van der Waals surface area contributed by atoms with Crippen molar-refractivity contribution < 1.29 is 24.2 Å². The molecule has 0 bridgehead atoms. The maximum Gasteiger partial charge on any atom is 0.410 e. The number of fused-ring (bicyclic) bond motifs is 1. The number of para-hydroxylation sites is 1. The van der Waals surface area contributed by atoms with Crippen LogP contribution in [0.1, 0.15) is 31.2 Å². The number of benzene rings is 1. The molecule has 2 N–H and O–H groups in total. The summed E-state index contributed by atoms with van der Waals surface area (Å²) in [7, 11) is 0. The molecule has 11 nitrogen and oxygen atoms in total. The highest BCUT2D eigenvalue weighted by Gasteiger charge is 2.33. The Morgan fingerprint density at radius 3 is 2.26 bits per heavy atom. The second-order valence-corrected chi connectivity index (χ2v) is 11.0. The van der Waals surface area contributed by atoms with E-state index in [1.54, 1.807) is 4.90 Å². The Labute approximate surface area is 230 Å². The van der Waals surface area contributed by atoms with Gasteiger partial charge in [0.15, 0.2) is 6.61 Å². The SMILES string of the molecule is O=C(COC(=O)N1CCC(N2CCc3ccccc3NC2=O)CC1)N1CCC(N2CCN(CCO)CC2)CC1. The molecule has 214 valence electrons. The molecule has 0 saturated carbocycles. The number of aliphatic hydroxyl groups is 1. The number of aliphatic hydroxyl groups excluding tert-OH is 1. The fraction of sp³-hybridized carbons (Fsp3) is 0.679. The number of amides is 4. The monoisotopic (exact) mass is 542 g/mol. The number of anilines is 1. The molecule has 5 rings (SSSR count). The number of piperazine rings is 1. The summed E-state index contributed by atoms with van der Waals surface area (Å²) in [5.41, 5.74) is 2.01. The highest BCUT2D eigenvalue weighted by atomic mass is 16.6. The maximum atomic E-state index is 12.8. The summed E-state index contributed by atoms with van der Waals surface area (Å²) in [5.74, 6) is -0.134. The summed E-state index contributed by atoms with van der Waals surface area (Å²) < 4.78 is 5.41. The molecule has 0 aliphatic carbocycles. The highest BCUT2D eigenvalue weighted by Crippen LogP contribution is 2.25. The molecule has 1 aromatic carbocycles. The van der Waals surface area contributed by atoms with Gasteiger partial charge in [-0.25, -0.2) is 9.59 Å². The average molecular weight is 543 g/mol. The minimum absolute atomic E-state index is 0.0731. The van der Waals surface area contributed by atoms with Gasteiger partial charge in [0.2, 0.25) is 0 Å². The van der Waals surface area contributed by atoms with Gasteiger partial charge in [-0.1, -0.05) is 18.2 Å². The molecule has 0 aromatic heterocycles. The first-order chi connectivity index (χ1) is 19.0. The second-order valence-electron chi connectivity index (χ2n) is 11.0. The van der Waals surface area contributed by atoms with Crippen LogP contribution in [0.25, 0.3) is 0 Å². The Kier molecular flexibility index (Phi) is 9.21. The van der Waals surface area contributed by atoms with Crippen molar-refractivity contribution in [3.05, 3.63) is 29.8 Å². The first-order valence-corrected chi connectivity index (χ1v) is 14.4. The van der Waals surface area contributed by atoms with Crippen molar-refractivity contribution in [2.24, 2.45) is 0 Å². The van der Waals surface area contributed by atoms with Crippen molar-refractivity contribution in [1.29, 1.82) is 0 Å². The number of ether oxygens (including phenoxy) is 1. The summed E-state index contributed by atoms with van der Waals surface area (Å²) in [5, 5.41) is 12.1. The fourth-order valence-corrected chi connectivity index (χ4v) is 6.38. The van der Waals surface area contributed by atoms with Crippen LogP contribution in [0, 0.1) is 0 Å². The molecule has 0 unspecified atom stereocenters. The predicted molar refractivity (Wildman–Crippen MR) is 147 cm³/mol. The largest absolute Gasteiger partial charge is 0.439 e. The summed E-state index contributed by atoms with van der Waals surface area (Å²) in [6, 6.07) is 8.36. The molecule has 4 aliphatic rings. The van der Waals surface area contributed by atoms with E-state index in [2.05, 4.69) is 15.1 Å². The number of hydrogen-bond donors (Lipinski definition) is 2. The number of rotatable bonds is 6. The zero-order valence-electron chi connectivity index (χ0n) is 22.8. The lowest BCUT2D eigenvalue weighted by Crippen LogP contribution is -2.54. The Morgan fingerprint density at radius 1 is 0.872 bits per heavy atom. The number of hydrogen-bond acceptors (Lipinski definition) is 7. The second kappa shape index (κ2) is 13.0. The first kappa shape index (κ1) is 27.7. The number of nitrogens with one attached hydrogen (secondary N) is 1. The summed E-state index contributed by atoms with van der Waals surface area (Å²) in [4.78, 5) is 48.4. The molecular formula is C28H42N6O5. The van der Waals surface area contributed by atoms with Crippen LogP contribution in [0.5, 0.6) is 0 Å². The third-order valence-corrected chi connectivity index (χ3v) is 8.78. The molecule has 4 amide bonds. The van der Waals surface area contributed by atoms with Gasteiger partial charge in [-0.05, 0) is 43.7 Å². The van der Waals surface area contributed by atoms with Crippen molar-refractivity contribution in [2.45, 2.75) is 44.2 Å². The molecule has 3 fully saturated rings. The van der Waals surface area contributed by atoms with Crippen LogP contribution in [0.2, 0.25) is 0 Å². The molecule has 11 heteroatoms. The van der Waals surface area contributed by atoms with E-state index in [-0.39, 0.29) is 31.2 Å². The molecule has 0 spiro atoms. The smallest absolute Gasteiger partial charge is 0.410 e. The van der Waals surface area contributed by atoms with E-state index in [0.717, 1.165) is 63.2 Å². The minimum Gasteiger partial charge on any atom is -0.439 e. The number of carbonyl (C=O) groups is 3. The highest BCUT2D eigenvalue weighted by molar-refractivity contribution is 5.91. The van der Waals surface area contributed by atoms with Crippen LogP contribution >= 0.6 is 0 Å². The summed E-state index contributed by atoms with van der Waals surface area (Å²) in [6.07, 6.45) is 3.59. The molecule has 4 heterocycles. The van der Waals surface area contributed by atoms with Crippen molar-refractivity contribution in [3.8, 4) is 0 Å². The zero-order valence-corrected chi connectivity index (χ0v) is 22.8. The molecular weight excluding hydrogens is 500 g/mol. The normalized spacial score (nSPS) is 22.3. The third kappa shape index (κ3) is 6.82. The van der Waals surface area contributed by atoms with Gasteiger partial charge in [0, 0.05) is 83.2 Å². The lowest BCUT2D eigenvalue weighted by atomic mass is 10.0. The van der Waals surface area contributed by atoms with Gasteiger partial charge >= 0.3 is 12.1 Å². The van der Waals surface area contributed by atoms with Crippen LogP contribution in [0.15, 0.2) is 24.3 Å². The van der Waals surface area contributed by atoms with Gasteiger partial charge < -0.3 is 29.9 Å². The Bertz CT molecular complexity index is 1000. The Hall–Kier alpha value is -2.89. The number of likely N-dealkylation sites (tertiary alicyclic amines) is 2. The molecule has 4 aliphatic heterocycles. The quantitative estimate of drug-likeness (QED) is 0.558. The van der Waals surface area contributed by atoms with Crippen molar-refractivity contribution >= 4 is 23.7 Å². The van der Waals surface area contributed by atoms with Gasteiger partial charge in [-0.3, -0.25) is 14.6 Å². The van der Waals surface area contributed by atoms with Crippen molar-refractivity contribution in [1.82, 2.24) is 24.5 Å².